The van der Waals surface area contributed by atoms with E-state index in [4.69, 9.17) is 0 Å². The van der Waals surface area contributed by atoms with Crippen LogP contribution in [0.2, 0.25) is 0 Å². The number of fused-ring (bicyclic) bond motifs is 1. The van der Waals surface area contributed by atoms with Crippen LogP contribution in [-0.2, 0) is 13.2 Å². The Morgan fingerprint density at radius 1 is 1.28 bits per heavy atom. The molecule has 0 aliphatic carbocycles. The van der Waals surface area contributed by atoms with Crippen LogP contribution >= 0.6 is 23.1 Å². The van der Waals surface area contributed by atoms with Crippen LogP contribution in [0.4, 0.5) is 13.2 Å². The molecule has 0 aliphatic heterocycles. The van der Waals surface area contributed by atoms with Crippen LogP contribution in [0.15, 0.2) is 9.95 Å². The number of halogens is 3. The third-order valence-electron chi connectivity index (χ3n) is 3.81. The third-order valence-corrected chi connectivity index (χ3v) is 6.06. The average molecular weight is 389 g/mol. The summed E-state index contributed by atoms with van der Waals surface area (Å²) in [4.78, 5) is 21.1. The molecule has 0 bridgehead atoms. The number of nitrogens with one attached hydrogen (secondary N) is 1. The van der Waals surface area contributed by atoms with Crippen LogP contribution in [-0.4, -0.2) is 24.7 Å². The van der Waals surface area contributed by atoms with E-state index in [1.54, 1.807) is 6.92 Å². The van der Waals surface area contributed by atoms with Gasteiger partial charge in [0.05, 0.1) is 10.6 Å². The second-order valence-electron chi connectivity index (χ2n) is 5.54. The first-order valence-corrected chi connectivity index (χ1v) is 8.92. The van der Waals surface area contributed by atoms with Gasteiger partial charge in [-0.05, 0) is 26.3 Å². The van der Waals surface area contributed by atoms with Gasteiger partial charge in [-0.15, -0.1) is 21.5 Å². The average Bonchev–Trinajstić information content (AvgIpc) is 3.00. The second kappa shape index (κ2) is 6.13. The molecule has 1 N–H and O–H groups in total. The molecule has 0 amide bonds. The van der Waals surface area contributed by atoms with E-state index in [0.717, 1.165) is 26.8 Å². The van der Waals surface area contributed by atoms with Crippen molar-refractivity contribution in [1.82, 2.24) is 24.7 Å². The molecule has 0 aromatic carbocycles. The fraction of sp³-hybridized carbons (Fsp3) is 0.429. The van der Waals surface area contributed by atoms with Crippen molar-refractivity contribution in [3.8, 4) is 0 Å². The molecule has 0 fully saturated rings. The van der Waals surface area contributed by atoms with Crippen molar-refractivity contribution >= 4 is 33.3 Å². The predicted octanol–water partition coefficient (Wildman–Crippen LogP) is 3.60. The molecular weight excluding hydrogens is 375 g/mol. The van der Waals surface area contributed by atoms with E-state index < -0.39 is 17.3 Å². The molecule has 3 aromatic rings. The molecule has 0 saturated heterocycles. The van der Waals surface area contributed by atoms with E-state index >= 15 is 0 Å². The van der Waals surface area contributed by atoms with Crippen LogP contribution < -0.4 is 5.56 Å². The van der Waals surface area contributed by atoms with Gasteiger partial charge < -0.3 is 9.55 Å². The number of thioether (sulfide) groups is 1. The van der Waals surface area contributed by atoms with Gasteiger partial charge in [0, 0.05) is 11.9 Å². The number of aromatic amines is 1. The van der Waals surface area contributed by atoms with Crippen molar-refractivity contribution in [1.29, 1.82) is 0 Å². The van der Waals surface area contributed by atoms with Crippen molar-refractivity contribution < 1.29 is 13.2 Å². The summed E-state index contributed by atoms with van der Waals surface area (Å²) in [5.41, 5.74) is 0.645. The number of nitrogens with zero attached hydrogens (tertiary/aromatic N) is 4. The van der Waals surface area contributed by atoms with Gasteiger partial charge in [0.1, 0.15) is 10.7 Å². The highest BCUT2D eigenvalue weighted by molar-refractivity contribution is 7.99. The van der Waals surface area contributed by atoms with Crippen molar-refractivity contribution in [3.05, 3.63) is 32.4 Å². The summed E-state index contributed by atoms with van der Waals surface area (Å²) in [6, 6.07) is 0. The maximum atomic E-state index is 12.8. The van der Waals surface area contributed by atoms with Gasteiger partial charge in [-0.1, -0.05) is 11.8 Å². The Hall–Kier alpha value is -1.88. The minimum atomic E-state index is -4.57. The molecule has 3 rings (SSSR count). The molecule has 0 saturated carbocycles. The number of H-pyrrole nitrogens is 1. The molecule has 0 unspecified atom stereocenters. The van der Waals surface area contributed by atoms with Gasteiger partial charge in [0.2, 0.25) is 5.82 Å². The highest BCUT2D eigenvalue weighted by Crippen LogP contribution is 2.36. The zero-order valence-corrected chi connectivity index (χ0v) is 15.4. The number of alkyl halides is 3. The number of rotatable bonds is 3. The first-order chi connectivity index (χ1) is 11.6. The van der Waals surface area contributed by atoms with Crippen molar-refractivity contribution in [3.63, 3.8) is 0 Å². The number of hydrogen-bond acceptors (Lipinski definition) is 6. The summed E-state index contributed by atoms with van der Waals surface area (Å²) < 4.78 is 39.3. The highest BCUT2D eigenvalue weighted by atomic mass is 32.2. The van der Waals surface area contributed by atoms with Crippen LogP contribution in [0.1, 0.15) is 34.3 Å². The highest BCUT2D eigenvalue weighted by Gasteiger charge is 2.37. The zero-order chi connectivity index (χ0) is 18.5. The molecule has 11 heteroatoms. The quantitative estimate of drug-likeness (QED) is 0.693. The molecule has 134 valence electrons. The molecule has 25 heavy (non-hydrogen) atoms. The lowest BCUT2D eigenvalue weighted by molar-refractivity contribution is -0.147. The summed E-state index contributed by atoms with van der Waals surface area (Å²) in [7, 11) is 1.25. The fourth-order valence-electron chi connectivity index (χ4n) is 2.34. The Balaban J connectivity index is 1.94. The standard InChI is InChI=1S/C14H14F3N5OS2/c1-5-6(2)24-11-8(5)10(23)18-9(19-11)7(3)25-13-21-20-12(22(13)4)14(15,16)17/h7H,1-4H3,(H,18,19,23)/t7-/m1/s1. The maximum Gasteiger partial charge on any atom is 0.451 e. The van der Waals surface area contributed by atoms with E-state index in [1.807, 2.05) is 13.8 Å². The lowest BCUT2D eigenvalue weighted by atomic mass is 10.2. The molecule has 0 aliphatic rings. The topological polar surface area (TPSA) is 76.5 Å². The molecule has 0 spiro atoms. The predicted molar refractivity (Wildman–Crippen MR) is 90.0 cm³/mol. The first kappa shape index (κ1) is 17.9. The van der Waals surface area contributed by atoms with Gasteiger partial charge in [0.15, 0.2) is 5.16 Å². The Bertz CT molecular complexity index is 1000. The van der Waals surface area contributed by atoms with Gasteiger partial charge in [-0.2, -0.15) is 13.2 Å². The smallest absolute Gasteiger partial charge is 0.309 e. The number of aryl methyl sites for hydroxylation is 2. The largest absolute Gasteiger partial charge is 0.451 e. The van der Waals surface area contributed by atoms with E-state index in [2.05, 4.69) is 20.2 Å². The van der Waals surface area contributed by atoms with Crippen molar-refractivity contribution in [2.75, 3.05) is 0 Å². The third kappa shape index (κ3) is 3.17. The monoisotopic (exact) mass is 389 g/mol. The lowest BCUT2D eigenvalue weighted by Gasteiger charge is -2.11. The molecule has 3 aromatic heterocycles. The van der Waals surface area contributed by atoms with E-state index in [1.165, 1.54) is 18.4 Å². The SMILES string of the molecule is Cc1sc2nc([C@@H](C)Sc3nnc(C(F)(F)F)n3C)[nH]c(=O)c2c1C. The van der Waals surface area contributed by atoms with E-state index in [9.17, 15) is 18.0 Å². The number of hydrogen-bond donors (Lipinski definition) is 1. The van der Waals surface area contributed by atoms with Crippen LogP contribution in [0.25, 0.3) is 10.2 Å². The van der Waals surface area contributed by atoms with Crippen molar-refractivity contribution in [2.24, 2.45) is 7.05 Å². The first-order valence-electron chi connectivity index (χ1n) is 7.22. The van der Waals surface area contributed by atoms with Crippen LogP contribution in [0.3, 0.4) is 0 Å². The molecular formula is C14H14F3N5OS2. The zero-order valence-electron chi connectivity index (χ0n) is 13.7. The molecule has 6 nitrogen and oxygen atoms in total. The van der Waals surface area contributed by atoms with Gasteiger partial charge in [-0.25, -0.2) is 4.98 Å². The minimum Gasteiger partial charge on any atom is -0.309 e. The van der Waals surface area contributed by atoms with Gasteiger partial charge >= 0.3 is 6.18 Å². The summed E-state index contributed by atoms with van der Waals surface area (Å²) in [6.07, 6.45) is -4.57. The van der Waals surface area contributed by atoms with Crippen LogP contribution in [0.5, 0.6) is 0 Å². The fourth-order valence-corrected chi connectivity index (χ4v) is 4.25. The van der Waals surface area contributed by atoms with Gasteiger partial charge in [-0.3, -0.25) is 4.79 Å². The van der Waals surface area contributed by atoms with Gasteiger partial charge in [0.25, 0.3) is 5.56 Å². The molecule has 0 radical (unpaired) electrons. The maximum absolute atomic E-state index is 12.8. The summed E-state index contributed by atoms with van der Waals surface area (Å²) in [6.45, 7) is 5.52. The summed E-state index contributed by atoms with van der Waals surface area (Å²) in [5, 5.41) is 7.04. The Kier molecular flexibility index (Phi) is 4.40. The lowest BCUT2D eigenvalue weighted by Crippen LogP contribution is -2.14. The Morgan fingerprint density at radius 3 is 2.56 bits per heavy atom. The normalized spacial score (nSPS) is 13.6. The summed E-state index contributed by atoms with van der Waals surface area (Å²) in [5.74, 6) is -0.677. The number of aromatic nitrogens is 5. The second-order valence-corrected chi connectivity index (χ2v) is 8.05. The minimum absolute atomic E-state index is 0.0983. The summed E-state index contributed by atoms with van der Waals surface area (Å²) >= 11 is 2.47. The van der Waals surface area contributed by atoms with E-state index in [-0.39, 0.29) is 10.7 Å². The molecule has 3 heterocycles. The molecule has 1 atom stereocenters. The Labute approximate surface area is 148 Å². The number of thiophene rings is 1. The van der Waals surface area contributed by atoms with Crippen molar-refractivity contribution in [2.45, 2.75) is 37.4 Å². The van der Waals surface area contributed by atoms with Crippen LogP contribution in [0, 0.1) is 13.8 Å². The van der Waals surface area contributed by atoms with E-state index in [0.29, 0.717) is 16.0 Å². The Morgan fingerprint density at radius 2 is 1.96 bits per heavy atom.